The third-order valence-corrected chi connectivity index (χ3v) is 4.33. The van der Waals surface area contributed by atoms with E-state index in [9.17, 15) is 9.18 Å². The summed E-state index contributed by atoms with van der Waals surface area (Å²) in [5, 5.41) is 9.75. The van der Waals surface area contributed by atoms with Crippen molar-refractivity contribution in [3.05, 3.63) is 47.9 Å². The summed E-state index contributed by atoms with van der Waals surface area (Å²) in [4.78, 5) is 12.4. The predicted molar refractivity (Wildman–Crippen MR) is 104 cm³/mol. The summed E-state index contributed by atoms with van der Waals surface area (Å²) in [6, 6.07) is 9.49. The Labute approximate surface area is 161 Å². The van der Waals surface area contributed by atoms with Gasteiger partial charge in [-0.1, -0.05) is 6.92 Å². The SMILES string of the molecule is CCCN(N)C(=O)c1cc2ccc(F)c(-c3ccc(OC)cc3OC)c2nn1. The molecule has 0 unspecified atom stereocenters. The van der Waals surface area contributed by atoms with E-state index in [0.717, 1.165) is 11.4 Å². The Hall–Kier alpha value is -3.26. The first kappa shape index (κ1) is 19.5. The lowest BCUT2D eigenvalue weighted by molar-refractivity contribution is 0.0748. The fourth-order valence-corrected chi connectivity index (χ4v) is 2.94. The molecule has 0 bridgehead atoms. The highest BCUT2D eigenvalue weighted by atomic mass is 19.1. The number of halogens is 1. The highest BCUT2D eigenvalue weighted by Crippen LogP contribution is 2.38. The van der Waals surface area contributed by atoms with Gasteiger partial charge in [-0.15, -0.1) is 10.2 Å². The molecule has 2 N–H and O–H groups in total. The predicted octanol–water partition coefficient (Wildman–Crippen LogP) is 3.18. The summed E-state index contributed by atoms with van der Waals surface area (Å²) in [5.74, 6) is 5.84. The van der Waals surface area contributed by atoms with Crippen molar-refractivity contribution in [2.24, 2.45) is 5.84 Å². The van der Waals surface area contributed by atoms with Gasteiger partial charge in [-0.25, -0.2) is 10.2 Å². The topological polar surface area (TPSA) is 90.6 Å². The Morgan fingerprint density at radius 2 is 1.93 bits per heavy atom. The standard InChI is InChI=1S/C20H21FN4O3/c1-4-9-25(22)20(26)16-10-12-5-8-15(21)18(19(12)24-23-16)14-7-6-13(27-2)11-17(14)28-3/h5-8,10-11H,4,9,22H2,1-3H3. The summed E-state index contributed by atoms with van der Waals surface area (Å²) < 4.78 is 25.3. The number of nitrogens with zero attached hydrogens (tertiary/aromatic N) is 3. The molecular weight excluding hydrogens is 363 g/mol. The van der Waals surface area contributed by atoms with Crippen LogP contribution in [0.2, 0.25) is 0 Å². The number of hydrogen-bond donors (Lipinski definition) is 1. The fourth-order valence-electron chi connectivity index (χ4n) is 2.94. The van der Waals surface area contributed by atoms with Gasteiger partial charge >= 0.3 is 0 Å². The molecular formula is C20H21FN4O3. The zero-order valence-corrected chi connectivity index (χ0v) is 15.9. The van der Waals surface area contributed by atoms with Crippen molar-refractivity contribution in [2.45, 2.75) is 13.3 Å². The van der Waals surface area contributed by atoms with Gasteiger partial charge in [0.05, 0.1) is 14.2 Å². The highest BCUT2D eigenvalue weighted by Gasteiger charge is 2.19. The molecule has 1 amide bonds. The molecule has 1 aromatic heterocycles. The molecule has 146 valence electrons. The number of amides is 1. The molecule has 0 saturated carbocycles. The number of ether oxygens (including phenoxy) is 2. The lowest BCUT2D eigenvalue weighted by Gasteiger charge is -2.15. The molecule has 0 radical (unpaired) electrons. The Morgan fingerprint density at radius 3 is 2.61 bits per heavy atom. The van der Waals surface area contributed by atoms with E-state index in [-0.39, 0.29) is 11.3 Å². The first-order valence-corrected chi connectivity index (χ1v) is 8.75. The molecule has 0 aliphatic carbocycles. The van der Waals surface area contributed by atoms with Gasteiger partial charge in [-0.05, 0) is 36.8 Å². The maximum absolute atomic E-state index is 14.7. The average Bonchev–Trinajstić information content (AvgIpc) is 2.72. The van der Waals surface area contributed by atoms with Crippen molar-refractivity contribution >= 4 is 16.8 Å². The number of hydrogen-bond acceptors (Lipinski definition) is 6. The first-order chi connectivity index (χ1) is 13.5. The summed E-state index contributed by atoms with van der Waals surface area (Å²) in [6.07, 6.45) is 0.718. The number of methoxy groups -OCH3 is 2. The van der Waals surface area contributed by atoms with Crippen molar-refractivity contribution in [1.29, 1.82) is 0 Å². The molecule has 0 spiro atoms. The van der Waals surface area contributed by atoms with Crippen LogP contribution in [-0.2, 0) is 0 Å². The zero-order valence-electron chi connectivity index (χ0n) is 15.9. The number of aromatic nitrogens is 2. The van der Waals surface area contributed by atoms with E-state index in [4.69, 9.17) is 15.3 Å². The van der Waals surface area contributed by atoms with Crippen LogP contribution >= 0.6 is 0 Å². The maximum Gasteiger partial charge on any atom is 0.288 e. The zero-order chi connectivity index (χ0) is 20.3. The fraction of sp³-hybridized carbons (Fsp3) is 0.250. The van der Waals surface area contributed by atoms with E-state index >= 15 is 0 Å². The molecule has 7 nitrogen and oxygen atoms in total. The molecule has 0 aliphatic heterocycles. The van der Waals surface area contributed by atoms with Crippen LogP contribution in [0.1, 0.15) is 23.8 Å². The number of hydrazine groups is 1. The molecule has 3 aromatic rings. The minimum absolute atomic E-state index is 0.0997. The van der Waals surface area contributed by atoms with E-state index in [1.165, 1.54) is 20.3 Å². The Morgan fingerprint density at radius 1 is 1.14 bits per heavy atom. The minimum Gasteiger partial charge on any atom is -0.497 e. The largest absolute Gasteiger partial charge is 0.497 e. The van der Waals surface area contributed by atoms with Crippen LogP contribution in [0.25, 0.3) is 22.0 Å². The van der Waals surface area contributed by atoms with E-state index in [2.05, 4.69) is 10.2 Å². The van der Waals surface area contributed by atoms with Crippen LogP contribution in [0.4, 0.5) is 4.39 Å². The monoisotopic (exact) mass is 384 g/mol. The second-order valence-corrected chi connectivity index (χ2v) is 6.15. The summed E-state index contributed by atoms with van der Waals surface area (Å²) >= 11 is 0. The highest BCUT2D eigenvalue weighted by molar-refractivity contribution is 5.99. The first-order valence-electron chi connectivity index (χ1n) is 8.75. The van der Waals surface area contributed by atoms with Gasteiger partial charge in [-0.3, -0.25) is 9.80 Å². The normalized spacial score (nSPS) is 10.8. The van der Waals surface area contributed by atoms with E-state index in [1.807, 2.05) is 6.92 Å². The molecule has 0 atom stereocenters. The summed E-state index contributed by atoms with van der Waals surface area (Å²) in [7, 11) is 3.03. The molecule has 28 heavy (non-hydrogen) atoms. The Kier molecular flexibility index (Phi) is 5.70. The van der Waals surface area contributed by atoms with Crippen molar-refractivity contribution in [2.75, 3.05) is 20.8 Å². The van der Waals surface area contributed by atoms with Crippen LogP contribution in [0.3, 0.4) is 0 Å². The molecule has 0 aliphatic rings. The lowest BCUT2D eigenvalue weighted by atomic mass is 10.00. The van der Waals surface area contributed by atoms with E-state index in [1.54, 1.807) is 30.3 Å². The summed E-state index contributed by atoms with van der Waals surface area (Å²) in [5.41, 5.74) is 1.16. The number of benzene rings is 2. The molecule has 2 aromatic carbocycles. The number of rotatable bonds is 6. The van der Waals surface area contributed by atoms with Crippen LogP contribution < -0.4 is 15.3 Å². The van der Waals surface area contributed by atoms with Gasteiger partial charge in [0.15, 0.2) is 5.69 Å². The second-order valence-electron chi connectivity index (χ2n) is 6.15. The van der Waals surface area contributed by atoms with Gasteiger partial charge in [-0.2, -0.15) is 0 Å². The molecule has 3 rings (SSSR count). The minimum atomic E-state index is -0.476. The number of carbonyl (C=O) groups excluding carboxylic acids is 1. The van der Waals surface area contributed by atoms with Crippen molar-refractivity contribution < 1.29 is 18.7 Å². The van der Waals surface area contributed by atoms with Crippen molar-refractivity contribution in [1.82, 2.24) is 15.2 Å². The third kappa shape index (κ3) is 3.59. The van der Waals surface area contributed by atoms with E-state index < -0.39 is 11.7 Å². The van der Waals surface area contributed by atoms with Crippen LogP contribution in [0, 0.1) is 5.82 Å². The smallest absolute Gasteiger partial charge is 0.288 e. The van der Waals surface area contributed by atoms with Crippen LogP contribution in [0.15, 0.2) is 36.4 Å². The van der Waals surface area contributed by atoms with Crippen molar-refractivity contribution in [3.8, 4) is 22.6 Å². The average molecular weight is 384 g/mol. The number of carbonyl (C=O) groups is 1. The van der Waals surface area contributed by atoms with Gasteiger partial charge in [0.25, 0.3) is 5.91 Å². The molecule has 8 heteroatoms. The summed E-state index contributed by atoms with van der Waals surface area (Å²) in [6.45, 7) is 2.31. The van der Waals surface area contributed by atoms with Crippen molar-refractivity contribution in [3.63, 3.8) is 0 Å². The van der Waals surface area contributed by atoms with Crippen LogP contribution in [-0.4, -0.2) is 41.9 Å². The van der Waals surface area contributed by atoms with Gasteiger partial charge in [0.2, 0.25) is 0 Å². The molecule has 0 fully saturated rings. The Balaban J connectivity index is 2.14. The third-order valence-electron chi connectivity index (χ3n) is 4.33. The van der Waals surface area contributed by atoms with Gasteiger partial charge in [0, 0.05) is 29.1 Å². The van der Waals surface area contributed by atoms with Gasteiger partial charge in [0.1, 0.15) is 22.8 Å². The second kappa shape index (κ2) is 8.18. The number of nitrogens with two attached hydrogens (primary N) is 1. The molecule has 1 heterocycles. The molecule has 0 saturated heterocycles. The van der Waals surface area contributed by atoms with E-state index in [0.29, 0.717) is 34.5 Å². The Bertz CT molecular complexity index is 1030. The number of fused-ring (bicyclic) bond motifs is 1. The van der Waals surface area contributed by atoms with Crippen LogP contribution in [0.5, 0.6) is 11.5 Å². The quantitative estimate of drug-likeness (QED) is 0.399. The lowest BCUT2D eigenvalue weighted by Crippen LogP contribution is -2.38. The van der Waals surface area contributed by atoms with Gasteiger partial charge < -0.3 is 9.47 Å². The maximum atomic E-state index is 14.7.